The van der Waals surface area contributed by atoms with Crippen LogP contribution in [0.25, 0.3) is 32.9 Å². The summed E-state index contributed by atoms with van der Waals surface area (Å²) in [6.45, 7) is 0.850. The van der Waals surface area contributed by atoms with Crippen molar-refractivity contribution in [3.05, 3.63) is 71.7 Å². The van der Waals surface area contributed by atoms with Crippen LogP contribution in [0.3, 0.4) is 0 Å². The Morgan fingerprint density at radius 2 is 1.95 bits per heavy atom. The van der Waals surface area contributed by atoms with Crippen molar-refractivity contribution in [1.82, 2.24) is 19.9 Å². The molecular weight excluding hydrogens is 510 g/mol. The SMILES string of the molecule is O=C(/C=C/C(F)F)N1CC[C@@H]2[C@H]1CN2c1ncnc2c(F)c(-c3cccc4ccc(F)c(Cl)c34)ncc12. The van der Waals surface area contributed by atoms with Crippen molar-refractivity contribution in [3.8, 4) is 11.3 Å². The van der Waals surface area contributed by atoms with E-state index < -0.39 is 24.0 Å². The third-order valence-corrected chi connectivity index (χ3v) is 7.39. The quantitative estimate of drug-likeness (QED) is 0.263. The molecule has 0 spiro atoms. The molecular formula is C26H18ClF4N5O. The van der Waals surface area contributed by atoms with Crippen molar-refractivity contribution in [2.75, 3.05) is 18.0 Å². The highest BCUT2D eigenvalue weighted by molar-refractivity contribution is 6.36. The highest BCUT2D eigenvalue weighted by Gasteiger charge is 2.49. The minimum Gasteiger partial charge on any atom is -0.349 e. The number of benzene rings is 2. The average Bonchev–Trinajstić information content (AvgIpc) is 3.21. The minimum atomic E-state index is -2.69. The average molecular weight is 528 g/mol. The van der Waals surface area contributed by atoms with Crippen molar-refractivity contribution in [3.63, 3.8) is 0 Å². The molecule has 2 aromatic carbocycles. The molecule has 0 aliphatic carbocycles. The van der Waals surface area contributed by atoms with Crippen molar-refractivity contribution >= 4 is 45.0 Å². The molecule has 37 heavy (non-hydrogen) atoms. The first kappa shape index (κ1) is 23.6. The first-order valence-corrected chi connectivity index (χ1v) is 11.9. The summed E-state index contributed by atoms with van der Waals surface area (Å²) >= 11 is 6.24. The molecule has 2 fully saturated rings. The molecule has 2 aromatic heterocycles. The van der Waals surface area contributed by atoms with Crippen LogP contribution in [-0.2, 0) is 4.79 Å². The number of alkyl halides is 2. The van der Waals surface area contributed by atoms with E-state index in [9.17, 15) is 18.0 Å². The maximum Gasteiger partial charge on any atom is 0.257 e. The molecule has 0 unspecified atom stereocenters. The van der Waals surface area contributed by atoms with Gasteiger partial charge in [-0.2, -0.15) is 0 Å². The lowest BCUT2D eigenvalue weighted by molar-refractivity contribution is -0.127. The summed E-state index contributed by atoms with van der Waals surface area (Å²) in [5, 5.41) is 1.27. The highest BCUT2D eigenvalue weighted by atomic mass is 35.5. The second-order valence-electron chi connectivity index (χ2n) is 8.95. The molecule has 0 radical (unpaired) electrons. The second kappa shape index (κ2) is 8.95. The Morgan fingerprint density at radius 3 is 2.76 bits per heavy atom. The molecule has 0 saturated carbocycles. The van der Waals surface area contributed by atoms with E-state index >= 15 is 4.39 Å². The van der Waals surface area contributed by atoms with Crippen LogP contribution in [0.4, 0.5) is 23.4 Å². The van der Waals surface area contributed by atoms with Crippen molar-refractivity contribution in [2.24, 2.45) is 0 Å². The first-order chi connectivity index (χ1) is 17.8. The maximum atomic E-state index is 15.8. The molecule has 188 valence electrons. The standard InChI is InChI=1S/C26H18ClF4N5O/c27-22-16(28)5-4-13-2-1-3-14(21(13)22)24-23(31)25-15(10-32-24)26(34-12-33-25)36-11-18-17(36)8-9-35(18)20(37)7-6-19(29)30/h1-7,10,12,17-19H,8-9,11H2/b7-6+/t17-,18-/m1/s1. The zero-order valence-corrected chi connectivity index (χ0v) is 19.8. The van der Waals surface area contributed by atoms with Crippen LogP contribution in [0.5, 0.6) is 0 Å². The molecule has 2 aliphatic heterocycles. The lowest BCUT2D eigenvalue weighted by Gasteiger charge is -2.47. The Balaban J connectivity index is 1.36. The Bertz CT molecular complexity index is 1600. The van der Waals surface area contributed by atoms with Crippen LogP contribution in [0.2, 0.25) is 5.02 Å². The normalized spacial score (nSPS) is 19.3. The van der Waals surface area contributed by atoms with Crippen LogP contribution in [0.1, 0.15) is 6.42 Å². The predicted molar refractivity (Wildman–Crippen MR) is 132 cm³/mol. The highest BCUT2D eigenvalue weighted by Crippen LogP contribution is 2.40. The lowest BCUT2D eigenvalue weighted by Crippen LogP contribution is -2.63. The summed E-state index contributed by atoms with van der Waals surface area (Å²) < 4.78 is 54.9. The predicted octanol–water partition coefficient (Wildman–Crippen LogP) is 5.39. The van der Waals surface area contributed by atoms with E-state index in [-0.39, 0.29) is 28.3 Å². The number of likely N-dealkylation sites (tertiary alicyclic amines) is 1. The van der Waals surface area contributed by atoms with Gasteiger partial charge in [-0.05, 0) is 23.9 Å². The maximum absolute atomic E-state index is 15.8. The van der Waals surface area contributed by atoms with E-state index in [1.807, 2.05) is 4.90 Å². The van der Waals surface area contributed by atoms with Crippen LogP contribution in [-0.4, -0.2) is 57.4 Å². The van der Waals surface area contributed by atoms with Crippen molar-refractivity contribution < 1.29 is 22.4 Å². The van der Waals surface area contributed by atoms with Crippen LogP contribution >= 0.6 is 11.6 Å². The Labute approximate surface area is 213 Å². The number of carbonyl (C=O) groups excluding carboxylic acids is 1. The van der Waals surface area contributed by atoms with Crippen LogP contribution < -0.4 is 4.90 Å². The Morgan fingerprint density at radius 1 is 1.11 bits per heavy atom. The molecule has 0 bridgehead atoms. The monoisotopic (exact) mass is 527 g/mol. The number of hydrogen-bond donors (Lipinski definition) is 0. The fourth-order valence-corrected chi connectivity index (χ4v) is 5.56. The number of pyridine rings is 1. The van der Waals surface area contributed by atoms with Gasteiger partial charge < -0.3 is 9.80 Å². The van der Waals surface area contributed by atoms with E-state index in [0.29, 0.717) is 53.1 Å². The molecule has 2 atom stereocenters. The van der Waals surface area contributed by atoms with Crippen LogP contribution in [0, 0.1) is 11.6 Å². The molecule has 2 saturated heterocycles. The first-order valence-electron chi connectivity index (χ1n) is 11.5. The third kappa shape index (κ3) is 3.78. The fourth-order valence-electron chi connectivity index (χ4n) is 5.29. The number of carbonyl (C=O) groups is 1. The van der Waals surface area contributed by atoms with E-state index in [1.54, 1.807) is 29.2 Å². The minimum absolute atomic E-state index is 0.0137. The number of anilines is 1. The van der Waals surface area contributed by atoms with Gasteiger partial charge in [0.1, 0.15) is 29.2 Å². The third-order valence-electron chi connectivity index (χ3n) is 7.03. The van der Waals surface area contributed by atoms with Gasteiger partial charge in [0, 0.05) is 36.3 Å². The van der Waals surface area contributed by atoms with E-state index in [4.69, 9.17) is 11.6 Å². The van der Waals surface area contributed by atoms with Gasteiger partial charge in [-0.1, -0.05) is 35.9 Å². The van der Waals surface area contributed by atoms with Gasteiger partial charge in [0.25, 0.3) is 6.43 Å². The van der Waals surface area contributed by atoms with E-state index in [1.165, 1.54) is 18.6 Å². The number of nitrogens with zero attached hydrogens (tertiary/aromatic N) is 5. The topological polar surface area (TPSA) is 62.2 Å². The Kier molecular flexibility index (Phi) is 5.71. The summed E-state index contributed by atoms with van der Waals surface area (Å²) in [5.74, 6) is -1.29. The van der Waals surface area contributed by atoms with Gasteiger partial charge in [0.2, 0.25) is 5.91 Å². The molecule has 2 aliphatic rings. The van der Waals surface area contributed by atoms with Gasteiger partial charge >= 0.3 is 0 Å². The largest absolute Gasteiger partial charge is 0.349 e. The Hall–Kier alpha value is -3.79. The van der Waals surface area contributed by atoms with Gasteiger partial charge in [-0.3, -0.25) is 9.78 Å². The summed E-state index contributed by atoms with van der Waals surface area (Å²) in [6, 6.07) is 7.69. The van der Waals surface area contributed by atoms with Crippen LogP contribution in [0.15, 0.2) is 55.0 Å². The van der Waals surface area contributed by atoms with Crippen molar-refractivity contribution in [2.45, 2.75) is 24.9 Å². The number of rotatable bonds is 4. The summed E-state index contributed by atoms with van der Waals surface area (Å²) in [7, 11) is 0. The molecule has 1 amide bonds. The number of hydrogen-bond acceptors (Lipinski definition) is 5. The van der Waals surface area contributed by atoms with Gasteiger partial charge in [-0.15, -0.1) is 0 Å². The number of amides is 1. The molecule has 4 heterocycles. The summed E-state index contributed by atoms with van der Waals surface area (Å²) in [4.78, 5) is 28.7. The van der Waals surface area contributed by atoms with E-state index in [2.05, 4.69) is 15.0 Å². The molecule has 6 rings (SSSR count). The zero-order valence-electron chi connectivity index (χ0n) is 19.1. The smallest absolute Gasteiger partial charge is 0.257 e. The molecule has 0 N–H and O–H groups in total. The number of halogens is 5. The molecule has 6 nitrogen and oxygen atoms in total. The fraction of sp³-hybridized carbons (Fsp3) is 0.231. The zero-order chi connectivity index (χ0) is 25.8. The number of aromatic nitrogens is 3. The lowest BCUT2D eigenvalue weighted by atomic mass is 9.96. The number of allylic oxidation sites excluding steroid dienone is 1. The summed E-state index contributed by atoms with van der Waals surface area (Å²) in [5.41, 5.74) is 0.376. The van der Waals surface area contributed by atoms with Crippen molar-refractivity contribution in [1.29, 1.82) is 0 Å². The molecule has 4 aromatic rings. The van der Waals surface area contributed by atoms with Gasteiger partial charge in [0.05, 0.1) is 22.5 Å². The molecule has 11 heteroatoms. The summed E-state index contributed by atoms with van der Waals surface area (Å²) in [6.07, 6.45) is 2.15. The second-order valence-corrected chi connectivity index (χ2v) is 9.32. The van der Waals surface area contributed by atoms with E-state index in [0.717, 1.165) is 6.08 Å². The van der Waals surface area contributed by atoms with Gasteiger partial charge in [-0.25, -0.2) is 27.5 Å². The number of fused-ring (bicyclic) bond motifs is 3. The van der Waals surface area contributed by atoms with Gasteiger partial charge in [0.15, 0.2) is 5.82 Å².